The van der Waals surface area contributed by atoms with Crippen molar-refractivity contribution in [1.82, 2.24) is 0 Å². The van der Waals surface area contributed by atoms with E-state index in [1.54, 1.807) is 0 Å². The van der Waals surface area contributed by atoms with Gasteiger partial charge in [-0.2, -0.15) is 5.26 Å². The second kappa shape index (κ2) is 4.14. The third-order valence-electron chi connectivity index (χ3n) is 3.54. The summed E-state index contributed by atoms with van der Waals surface area (Å²) in [6.45, 7) is 7.38. The molecule has 0 aliphatic carbocycles. The Kier molecular flexibility index (Phi) is 2.89. The number of nitrogens with zero attached hydrogens (tertiary/aromatic N) is 1. The lowest BCUT2D eigenvalue weighted by Gasteiger charge is -2.36. The molecule has 3 heterocycles. The number of rotatable bonds is 1. The number of hydrogen-bond donors (Lipinski definition) is 0. The highest BCUT2D eigenvalue weighted by Crippen LogP contribution is 2.44. The minimum absolute atomic E-state index is 0.244. The van der Waals surface area contributed by atoms with Crippen LogP contribution < -0.4 is 0 Å². The number of hydrogen-bond acceptors (Lipinski definition) is 6. The van der Waals surface area contributed by atoms with Gasteiger partial charge in [0.15, 0.2) is 17.9 Å². The lowest BCUT2D eigenvalue weighted by atomic mass is 9.97. The van der Waals surface area contributed by atoms with E-state index < -0.39 is 17.9 Å². The van der Waals surface area contributed by atoms with E-state index in [0.717, 1.165) is 0 Å². The Hall–Kier alpha value is -0.710. The molecule has 3 fully saturated rings. The van der Waals surface area contributed by atoms with Crippen LogP contribution in [0.4, 0.5) is 0 Å². The molecule has 3 aliphatic rings. The standard InChI is InChI=1S/C13H19NO5/c1-12(2)16-8-7(5-6-14)15-11-10(9(8)17-12)18-13(3,4)19-11/h7-11H,5H2,1-4H3/t7-,8+,9?,10-,11?/m0/s1. The maximum Gasteiger partial charge on any atom is 0.190 e. The molecule has 0 amide bonds. The van der Waals surface area contributed by atoms with E-state index in [1.807, 2.05) is 27.7 Å². The molecule has 0 aromatic carbocycles. The van der Waals surface area contributed by atoms with Gasteiger partial charge in [0.1, 0.15) is 24.4 Å². The van der Waals surface area contributed by atoms with E-state index in [0.29, 0.717) is 0 Å². The molecule has 0 N–H and O–H groups in total. The fourth-order valence-corrected chi connectivity index (χ4v) is 2.95. The third kappa shape index (κ3) is 2.26. The van der Waals surface area contributed by atoms with Gasteiger partial charge in [-0.3, -0.25) is 0 Å². The molecule has 0 saturated carbocycles. The first-order chi connectivity index (χ1) is 8.81. The van der Waals surface area contributed by atoms with Crippen LogP contribution in [0.3, 0.4) is 0 Å². The third-order valence-corrected chi connectivity index (χ3v) is 3.54. The van der Waals surface area contributed by atoms with Crippen LogP contribution in [0.15, 0.2) is 0 Å². The lowest BCUT2D eigenvalue weighted by molar-refractivity contribution is -0.232. The van der Waals surface area contributed by atoms with E-state index in [9.17, 15) is 0 Å². The summed E-state index contributed by atoms with van der Waals surface area (Å²) in [7, 11) is 0. The second-order valence-corrected chi connectivity index (χ2v) is 6.07. The van der Waals surface area contributed by atoms with E-state index in [4.69, 9.17) is 28.9 Å². The van der Waals surface area contributed by atoms with Crippen LogP contribution in [0.2, 0.25) is 0 Å². The van der Waals surface area contributed by atoms with Crippen molar-refractivity contribution in [2.75, 3.05) is 0 Å². The average Bonchev–Trinajstić information content (AvgIpc) is 2.74. The van der Waals surface area contributed by atoms with Gasteiger partial charge in [0.25, 0.3) is 0 Å². The maximum absolute atomic E-state index is 8.91. The Morgan fingerprint density at radius 3 is 2.16 bits per heavy atom. The molecule has 0 aromatic rings. The molecule has 6 nitrogen and oxygen atoms in total. The van der Waals surface area contributed by atoms with E-state index in [2.05, 4.69) is 6.07 Å². The topological polar surface area (TPSA) is 69.9 Å². The Balaban J connectivity index is 1.87. The Morgan fingerprint density at radius 2 is 1.47 bits per heavy atom. The van der Waals surface area contributed by atoms with E-state index in [1.165, 1.54) is 0 Å². The summed E-state index contributed by atoms with van der Waals surface area (Å²) < 4.78 is 29.2. The van der Waals surface area contributed by atoms with Crippen molar-refractivity contribution in [3.05, 3.63) is 0 Å². The predicted octanol–water partition coefficient (Wildman–Crippen LogP) is 1.30. The van der Waals surface area contributed by atoms with Gasteiger partial charge in [-0.1, -0.05) is 0 Å². The first-order valence-electron chi connectivity index (χ1n) is 6.55. The van der Waals surface area contributed by atoms with Gasteiger partial charge in [-0.25, -0.2) is 0 Å². The zero-order valence-electron chi connectivity index (χ0n) is 11.6. The quantitative estimate of drug-likeness (QED) is 0.714. The summed E-state index contributed by atoms with van der Waals surface area (Å²) in [6, 6.07) is 2.12. The normalized spacial score (nSPS) is 46.4. The van der Waals surface area contributed by atoms with Crippen molar-refractivity contribution in [3.8, 4) is 6.07 Å². The average molecular weight is 269 g/mol. The van der Waals surface area contributed by atoms with Crippen LogP contribution in [-0.4, -0.2) is 42.3 Å². The summed E-state index contributed by atoms with van der Waals surface area (Å²) in [5.41, 5.74) is 0. The van der Waals surface area contributed by atoms with Gasteiger partial charge < -0.3 is 23.7 Å². The lowest BCUT2D eigenvalue weighted by Crippen LogP contribution is -2.54. The Morgan fingerprint density at radius 1 is 0.895 bits per heavy atom. The number of nitriles is 1. The number of ether oxygens (including phenoxy) is 5. The zero-order chi connectivity index (χ0) is 13.8. The second-order valence-electron chi connectivity index (χ2n) is 6.07. The van der Waals surface area contributed by atoms with Crippen LogP contribution in [0.25, 0.3) is 0 Å². The van der Waals surface area contributed by atoms with Crippen molar-refractivity contribution in [2.24, 2.45) is 0 Å². The van der Waals surface area contributed by atoms with Crippen LogP contribution in [0.5, 0.6) is 0 Å². The van der Waals surface area contributed by atoms with Gasteiger partial charge in [-0.05, 0) is 27.7 Å². The van der Waals surface area contributed by atoms with Crippen molar-refractivity contribution in [1.29, 1.82) is 5.26 Å². The minimum Gasteiger partial charge on any atom is -0.343 e. The summed E-state index contributed by atoms with van der Waals surface area (Å²) in [6.07, 6.45) is -1.50. The van der Waals surface area contributed by atoms with Gasteiger partial charge in [0.05, 0.1) is 12.5 Å². The Labute approximate surface area is 112 Å². The summed E-state index contributed by atoms with van der Waals surface area (Å²) >= 11 is 0. The highest BCUT2D eigenvalue weighted by Gasteiger charge is 2.60. The molecule has 0 radical (unpaired) electrons. The van der Waals surface area contributed by atoms with Gasteiger partial charge in [0, 0.05) is 0 Å². The molecular formula is C13H19NO5. The first-order valence-corrected chi connectivity index (χ1v) is 6.55. The maximum atomic E-state index is 8.91. The molecule has 0 bridgehead atoms. The fourth-order valence-electron chi connectivity index (χ4n) is 2.95. The van der Waals surface area contributed by atoms with Crippen molar-refractivity contribution < 1.29 is 23.7 Å². The van der Waals surface area contributed by atoms with E-state index >= 15 is 0 Å². The molecule has 5 atom stereocenters. The molecule has 6 heteroatoms. The van der Waals surface area contributed by atoms with Crippen LogP contribution in [0.1, 0.15) is 34.1 Å². The largest absolute Gasteiger partial charge is 0.343 e. The molecule has 3 rings (SSSR count). The molecular weight excluding hydrogens is 250 g/mol. The molecule has 3 aliphatic heterocycles. The number of fused-ring (bicyclic) bond motifs is 3. The van der Waals surface area contributed by atoms with Gasteiger partial charge in [0.2, 0.25) is 0 Å². The SMILES string of the molecule is CC1(C)OC2O[C@@H](CC#N)[C@H]3OC(C)(C)OC3[C@@H]2O1. The molecule has 0 spiro atoms. The van der Waals surface area contributed by atoms with Crippen molar-refractivity contribution >= 4 is 0 Å². The predicted molar refractivity (Wildman–Crippen MR) is 62.8 cm³/mol. The fraction of sp³-hybridized carbons (Fsp3) is 0.923. The smallest absolute Gasteiger partial charge is 0.190 e. The molecule has 0 aromatic heterocycles. The van der Waals surface area contributed by atoms with Gasteiger partial charge >= 0.3 is 0 Å². The molecule has 3 saturated heterocycles. The highest BCUT2D eigenvalue weighted by molar-refractivity contribution is 5.01. The van der Waals surface area contributed by atoms with Crippen molar-refractivity contribution in [2.45, 2.75) is 76.4 Å². The van der Waals surface area contributed by atoms with Crippen LogP contribution >= 0.6 is 0 Å². The molecule has 19 heavy (non-hydrogen) atoms. The molecule has 2 unspecified atom stereocenters. The van der Waals surface area contributed by atoms with Crippen molar-refractivity contribution in [3.63, 3.8) is 0 Å². The van der Waals surface area contributed by atoms with Crippen LogP contribution in [0, 0.1) is 11.3 Å². The highest BCUT2D eigenvalue weighted by atomic mass is 16.9. The molecule has 106 valence electrons. The van der Waals surface area contributed by atoms with E-state index in [-0.39, 0.29) is 30.8 Å². The monoisotopic (exact) mass is 269 g/mol. The summed E-state index contributed by atoms with van der Waals surface area (Å²) in [4.78, 5) is 0. The van der Waals surface area contributed by atoms with Crippen LogP contribution in [-0.2, 0) is 23.7 Å². The summed E-state index contributed by atoms with van der Waals surface area (Å²) in [5, 5.41) is 8.91. The first kappa shape index (κ1) is 13.3. The Bertz CT molecular complexity index is 416. The van der Waals surface area contributed by atoms with Gasteiger partial charge in [-0.15, -0.1) is 0 Å². The summed E-state index contributed by atoms with van der Waals surface area (Å²) in [5.74, 6) is -1.41. The zero-order valence-corrected chi connectivity index (χ0v) is 11.6. The minimum atomic E-state index is -0.711.